The lowest BCUT2D eigenvalue weighted by atomic mass is 9.93. The number of nitrogens with zero attached hydrogens (tertiary/aromatic N) is 3. The van der Waals surface area contributed by atoms with Crippen molar-refractivity contribution in [2.24, 2.45) is 0 Å². The Balaban J connectivity index is 1.71. The van der Waals surface area contributed by atoms with Crippen LogP contribution < -0.4 is 4.74 Å². The van der Waals surface area contributed by atoms with Gasteiger partial charge in [-0.05, 0) is 57.4 Å². The first-order chi connectivity index (χ1) is 17.1. The van der Waals surface area contributed by atoms with E-state index in [-0.39, 0.29) is 28.9 Å². The molecule has 0 radical (unpaired) electrons. The van der Waals surface area contributed by atoms with Crippen molar-refractivity contribution in [2.75, 3.05) is 6.61 Å². The van der Waals surface area contributed by atoms with Crippen molar-refractivity contribution in [2.45, 2.75) is 6.92 Å². The van der Waals surface area contributed by atoms with Gasteiger partial charge in [0.05, 0.1) is 6.61 Å². The van der Waals surface area contributed by atoms with Crippen molar-refractivity contribution in [3.63, 3.8) is 0 Å². The number of rotatable bonds is 4. The molecule has 0 atom stereocenters. The van der Waals surface area contributed by atoms with Crippen LogP contribution in [0, 0.1) is 0 Å². The molecule has 6 rings (SSSR count). The number of hydrogen-bond acceptors (Lipinski definition) is 6. The van der Waals surface area contributed by atoms with Crippen LogP contribution in [0.15, 0.2) is 84.9 Å². The van der Waals surface area contributed by atoms with Crippen molar-refractivity contribution >= 4 is 32.3 Å². The van der Waals surface area contributed by atoms with Gasteiger partial charge in [0, 0.05) is 5.56 Å². The molecule has 0 bridgehead atoms. The second-order valence-corrected chi connectivity index (χ2v) is 8.22. The molecule has 0 aliphatic carbocycles. The molecule has 0 spiro atoms. The maximum Gasteiger partial charge on any atom is 0.320 e. The van der Waals surface area contributed by atoms with Gasteiger partial charge in [-0.15, -0.1) is 0 Å². The fraction of sp³-hybridized carbons (Fsp3) is 0.0690. The van der Waals surface area contributed by atoms with E-state index < -0.39 is 0 Å². The third-order valence-corrected chi connectivity index (χ3v) is 6.14. The van der Waals surface area contributed by atoms with Gasteiger partial charge in [0.1, 0.15) is 17.1 Å². The van der Waals surface area contributed by atoms with E-state index in [0.717, 1.165) is 37.9 Å². The Morgan fingerprint density at radius 3 is 2.06 bits per heavy atom. The predicted octanol–water partition coefficient (Wildman–Crippen LogP) is 6.48. The Morgan fingerprint density at radius 2 is 1.29 bits per heavy atom. The zero-order valence-electron chi connectivity index (χ0n) is 18.9. The highest BCUT2D eigenvalue weighted by Crippen LogP contribution is 2.39. The molecule has 35 heavy (non-hydrogen) atoms. The van der Waals surface area contributed by atoms with E-state index in [9.17, 15) is 10.2 Å². The summed E-state index contributed by atoms with van der Waals surface area (Å²) in [6.07, 6.45) is 0. The summed E-state index contributed by atoms with van der Waals surface area (Å²) in [7, 11) is 0. The van der Waals surface area contributed by atoms with Crippen LogP contribution in [0.25, 0.3) is 55.1 Å². The van der Waals surface area contributed by atoms with Crippen LogP contribution in [-0.4, -0.2) is 31.8 Å². The number of fused-ring (bicyclic) bond motifs is 5. The van der Waals surface area contributed by atoms with E-state index >= 15 is 0 Å². The molecule has 0 amide bonds. The number of benzene rings is 5. The Kier molecular flexibility index (Phi) is 4.92. The average molecular weight is 460 g/mol. The Bertz CT molecular complexity index is 1730. The average Bonchev–Trinajstić information content (AvgIpc) is 2.88. The van der Waals surface area contributed by atoms with Crippen LogP contribution >= 0.6 is 0 Å². The number of ether oxygens (including phenoxy) is 1. The minimum atomic E-state index is -0.126. The third kappa shape index (κ3) is 3.47. The number of hydrogen-bond donors (Lipinski definition) is 2. The van der Waals surface area contributed by atoms with Gasteiger partial charge in [-0.1, -0.05) is 66.7 Å². The molecule has 5 aromatic carbocycles. The first-order valence-corrected chi connectivity index (χ1v) is 11.4. The van der Waals surface area contributed by atoms with Crippen LogP contribution in [0.4, 0.5) is 0 Å². The van der Waals surface area contributed by atoms with Crippen molar-refractivity contribution in [1.82, 2.24) is 15.0 Å². The molecular formula is C29H21N3O3. The van der Waals surface area contributed by atoms with Gasteiger partial charge in [-0.2, -0.15) is 9.97 Å². The molecule has 0 saturated heterocycles. The summed E-state index contributed by atoms with van der Waals surface area (Å²) in [4.78, 5) is 13.7. The molecule has 1 aromatic heterocycles. The quantitative estimate of drug-likeness (QED) is 0.294. The molecule has 6 nitrogen and oxygen atoms in total. The largest absolute Gasteiger partial charge is 0.507 e. The molecule has 6 aromatic rings. The number of aromatic hydroxyl groups is 2. The van der Waals surface area contributed by atoms with E-state index in [4.69, 9.17) is 9.72 Å². The van der Waals surface area contributed by atoms with E-state index in [1.807, 2.05) is 37.3 Å². The van der Waals surface area contributed by atoms with Crippen molar-refractivity contribution < 1.29 is 14.9 Å². The minimum Gasteiger partial charge on any atom is -0.507 e. The van der Waals surface area contributed by atoms with E-state index in [0.29, 0.717) is 12.4 Å². The predicted molar refractivity (Wildman–Crippen MR) is 138 cm³/mol. The standard InChI is InChI=1S/C29H21N3O3/c1-2-35-29-31-27(30-28(32-29)26-24(33)12-7-13-25(26)34)23-16-22-18-9-4-3-8-17(18)14-15-21(22)19-10-5-6-11-20(19)23/h3-16,33-34H,2H2,1H3. The lowest BCUT2D eigenvalue weighted by molar-refractivity contribution is 0.312. The Hall–Kier alpha value is -4.71. The summed E-state index contributed by atoms with van der Waals surface area (Å²) >= 11 is 0. The monoisotopic (exact) mass is 459 g/mol. The first-order valence-electron chi connectivity index (χ1n) is 11.4. The topological polar surface area (TPSA) is 88.4 Å². The number of phenolic OH excluding ortho intramolecular Hbond substituents is 2. The molecule has 0 saturated carbocycles. The lowest BCUT2D eigenvalue weighted by Gasteiger charge is -2.14. The fourth-order valence-electron chi connectivity index (χ4n) is 4.59. The van der Waals surface area contributed by atoms with Gasteiger partial charge >= 0.3 is 6.01 Å². The van der Waals surface area contributed by atoms with Crippen LogP contribution in [0.5, 0.6) is 17.5 Å². The van der Waals surface area contributed by atoms with E-state index in [1.165, 1.54) is 12.1 Å². The van der Waals surface area contributed by atoms with Crippen molar-refractivity contribution in [3.8, 4) is 40.3 Å². The van der Waals surface area contributed by atoms with Crippen molar-refractivity contribution in [3.05, 3.63) is 84.9 Å². The van der Waals surface area contributed by atoms with Gasteiger partial charge in [-0.3, -0.25) is 0 Å². The van der Waals surface area contributed by atoms with Crippen LogP contribution in [0.2, 0.25) is 0 Å². The SMILES string of the molecule is CCOc1nc(-c2c(O)cccc2O)nc(-c2cc3c4ccccc4ccc3c3ccccc23)n1. The fourth-order valence-corrected chi connectivity index (χ4v) is 4.59. The molecule has 0 fully saturated rings. The maximum absolute atomic E-state index is 10.5. The summed E-state index contributed by atoms with van der Waals surface area (Å²) in [6.45, 7) is 2.21. The molecule has 6 heteroatoms. The molecule has 2 N–H and O–H groups in total. The van der Waals surface area contributed by atoms with Gasteiger partial charge in [0.15, 0.2) is 11.6 Å². The summed E-state index contributed by atoms with van der Waals surface area (Å²) in [6, 6.07) is 27.4. The third-order valence-electron chi connectivity index (χ3n) is 6.14. The van der Waals surface area contributed by atoms with Crippen LogP contribution in [-0.2, 0) is 0 Å². The van der Waals surface area contributed by atoms with Gasteiger partial charge < -0.3 is 14.9 Å². The minimum absolute atomic E-state index is 0.122. The molecule has 170 valence electrons. The molecule has 0 aliphatic rings. The van der Waals surface area contributed by atoms with Gasteiger partial charge in [-0.25, -0.2) is 4.98 Å². The van der Waals surface area contributed by atoms with E-state index in [1.54, 1.807) is 6.07 Å². The summed E-state index contributed by atoms with van der Waals surface area (Å²) in [5.74, 6) is 0.279. The lowest BCUT2D eigenvalue weighted by Crippen LogP contribution is -2.03. The van der Waals surface area contributed by atoms with Gasteiger partial charge in [0.25, 0.3) is 0 Å². The Labute approximate surface area is 201 Å². The van der Waals surface area contributed by atoms with Crippen LogP contribution in [0.1, 0.15) is 6.92 Å². The zero-order chi connectivity index (χ0) is 23.9. The van der Waals surface area contributed by atoms with Crippen molar-refractivity contribution in [1.29, 1.82) is 0 Å². The highest BCUT2D eigenvalue weighted by atomic mass is 16.5. The van der Waals surface area contributed by atoms with E-state index in [2.05, 4.69) is 46.4 Å². The molecule has 0 aliphatic heterocycles. The molecule has 1 heterocycles. The summed E-state index contributed by atoms with van der Waals surface area (Å²) in [5, 5.41) is 27.5. The first kappa shape index (κ1) is 20.9. The Morgan fingerprint density at radius 1 is 0.629 bits per heavy atom. The molecular weight excluding hydrogens is 438 g/mol. The van der Waals surface area contributed by atoms with Crippen LogP contribution in [0.3, 0.4) is 0 Å². The highest BCUT2D eigenvalue weighted by molar-refractivity contribution is 6.20. The second-order valence-electron chi connectivity index (χ2n) is 8.22. The normalized spacial score (nSPS) is 11.3. The van der Waals surface area contributed by atoms with Gasteiger partial charge in [0.2, 0.25) is 0 Å². The summed E-state index contributed by atoms with van der Waals surface area (Å²) in [5.41, 5.74) is 0.941. The second kappa shape index (κ2) is 8.25. The molecule has 0 unspecified atom stereocenters. The highest BCUT2D eigenvalue weighted by Gasteiger charge is 2.19. The number of aromatic nitrogens is 3. The number of phenols is 2. The maximum atomic E-state index is 10.5. The summed E-state index contributed by atoms with van der Waals surface area (Å²) < 4.78 is 5.65. The zero-order valence-corrected chi connectivity index (χ0v) is 18.9. The smallest absolute Gasteiger partial charge is 0.320 e.